The van der Waals surface area contributed by atoms with E-state index in [2.05, 4.69) is 10.4 Å². The van der Waals surface area contributed by atoms with Gasteiger partial charge in [0.05, 0.1) is 43.3 Å². The maximum atomic E-state index is 12.6. The van der Waals surface area contributed by atoms with E-state index in [9.17, 15) is 4.79 Å². The lowest BCUT2D eigenvalue weighted by atomic mass is 10.2. The predicted molar refractivity (Wildman–Crippen MR) is 111 cm³/mol. The molecule has 1 fully saturated rings. The molecule has 8 nitrogen and oxygen atoms in total. The molecule has 1 aromatic heterocycles. The molecule has 0 bridgehead atoms. The van der Waals surface area contributed by atoms with Gasteiger partial charge in [-0.2, -0.15) is 5.10 Å². The Bertz CT molecular complexity index is 847. The third kappa shape index (κ3) is 5.33. The minimum Gasteiger partial charge on any atom is -0.493 e. The van der Waals surface area contributed by atoms with Crippen LogP contribution in [0.4, 0.5) is 5.69 Å². The standard InChI is InChI=1S/C20H27ClN4O4/c1-13-9-24(10-14(2)29-13)19(26)12-25-11-16(8-23-25)22-7-15-5-17(21)20(28-4)18(6-15)27-3/h5-6,8,11,13-14,22H,7,9-10,12H2,1-4H3/t13-,14+. The van der Waals surface area contributed by atoms with E-state index in [0.717, 1.165) is 11.3 Å². The number of benzene rings is 1. The quantitative estimate of drug-likeness (QED) is 0.739. The van der Waals surface area contributed by atoms with Crippen LogP contribution in [-0.4, -0.2) is 60.1 Å². The fraction of sp³-hybridized carbons (Fsp3) is 0.500. The maximum absolute atomic E-state index is 12.6. The Kier molecular flexibility index (Phi) is 6.87. The zero-order chi connectivity index (χ0) is 21.0. The van der Waals surface area contributed by atoms with Gasteiger partial charge in [-0.05, 0) is 31.5 Å². The largest absolute Gasteiger partial charge is 0.493 e. The van der Waals surface area contributed by atoms with Crippen molar-refractivity contribution >= 4 is 23.2 Å². The summed E-state index contributed by atoms with van der Waals surface area (Å²) >= 11 is 6.25. The first kappa shape index (κ1) is 21.3. The van der Waals surface area contributed by atoms with Crippen molar-refractivity contribution < 1.29 is 19.0 Å². The van der Waals surface area contributed by atoms with E-state index in [1.165, 1.54) is 0 Å². The Morgan fingerprint density at radius 2 is 2.00 bits per heavy atom. The molecule has 1 N–H and O–H groups in total. The summed E-state index contributed by atoms with van der Waals surface area (Å²) in [4.78, 5) is 14.4. The molecule has 158 valence electrons. The molecular weight excluding hydrogens is 396 g/mol. The average Bonchev–Trinajstić information content (AvgIpc) is 3.12. The third-order valence-electron chi connectivity index (χ3n) is 4.69. The molecular formula is C20H27ClN4O4. The van der Waals surface area contributed by atoms with Crippen LogP contribution in [0.1, 0.15) is 19.4 Å². The van der Waals surface area contributed by atoms with Gasteiger partial charge in [0.1, 0.15) is 6.54 Å². The number of methoxy groups -OCH3 is 2. The summed E-state index contributed by atoms with van der Waals surface area (Å²) in [7, 11) is 3.12. The van der Waals surface area contributed by atoms with Crippen LogP contribution in [0.25, 0.3) is 0 Å². The van der Waals surface area contributed by atoms with Gasteiger partial charge in [0.15, 0.2) is 11.5 Å². The summed E-state index contributed by atoms with van der Waals surface area (Å²) in [5, 5.41) is 8.05. The van der Waals surface area contributed by atoms with Crippen molar-refractivity contribution in [3.8, 4) is 11.5 Å². The Hall–Kier alpha value is -2.45. The van der Waals surface area contributed by atoms with E-state index in [1.54, 1.807) is 25.1 Å². The van der Waals surface area contributed by atoms with Crippen LogP contribution in [0.2, 0.25) is 5.02 Å². The molecule has 1 aliphatic heterocycles. The first-order valence-electron chi connectivity index (χ1n) is 9.49. The van der Waals surface area contributed by atoms with Crippen LogP contribution in [0.5, 0.6) is 11.5 Å². The number of aromatic nitrogens is 2. The minimum absolute atomic E-state index is 0.0355. The van der Waals surface area contributed by atoms with Crippen LogP contribution in [-0.2, 0) is 22.6 Å². The molecule has 3 rings (SSSR count). The van der Waals surface area contributed by atoms with Crippen LogP contribution >= 0.6 is 11.6 Å². The Labute approximate surface area is 175 Å². The second-order valence-electron chi connectivity index (χ2n) is 7.15. The maximum Gasteiger partial charge on any atom is 0.244 e. The molecule has 2 atom stereocenters. The van der Waals surface area contributed by atoms with Crippen LogP contribution in [0.15, 0.2) is 24.5 Å². The molecule has 2 heterocycles. The van der Waals surface area contributed by atoms with Crippen LogP contribution < -0.4 is 14.8 Å². The van der Waals surface area contributed by atoms with Gasteiger partial charge in [0.2, 0.25) is 5.91 Å². The lowest BCUT2D eigenvalue weighted by Gasteiger charge is -2.35. The molecule has 0 unspecified atom stereocenters. The van der Waals surface area contributed by atoms with E-state index in [-0.39, 0.29) is 24.7 Å². The summed E-state index contributed by atoms with van der Waals surface area (Å²) in [6.07, 6.45) is 3.60. The zero-order valence-corrected chi connectivity index (χ0v) is 17.9. The molecule has 1 aromatic carbocycles. The van der Waals surface area contributed by atoms with Crippen molar-refractivity contribution in [1.82, 2.24) is 14.7 Å². The first-order valence-corrected chi connectivity index (χ1v) is 9.87. The minimum atomic E-state index is 0.0355. The number of nitrogens with zero attached hydrogens (tertiary/aromatic N) is 3. The highest BCUT2D eigenvalue weighted by atomic mass is 35.5. The Morgan fingerprint density at radius 1 is 1.28 bits per heavy atom. The monoisotopic (exact) mass is 422 g/mol. The van der Waals surface area contributed by atoms with Crippen molar-refractivity contribution in [1.29, 1.82) is 0 Å². The summed E-state index contributed by atoms with van der Waals surface area (Å²) in [6, 6.07) is 3.69. The predicted octanol–water partition coefficient (Wildman–Crippen LogP) is 2.80. The highest BCUT2D eigenvalue weighted by Gasteiger charge is 2.26. The van der Waals surface area contributed by atoms with Gasteiger partial charge in [-0.1, -0.05) is 11.6 Å². The number of carbonyl (C=O) groups is 1. The molecule has 0 spiro atoms. The van der Waals surface area contributed by atoms with Gasteiger partial charge in [0, 0.05) is 25.8 Å². The molecule has 9 heteroatoms. The molecule has 1 saturated heterocycles. The van der Waals surface area contributed by atoms with Crippen molar-refractivity contribution in [2.24, 2.45) is 0 Å². The summed E-state index contributed by atoms with van der Waals surface area (Å²) in [5.74, 6) is 1.12. The van der Waals surface area contributed by atoms with E-state index in [1.807, 2.05) is 37.1 Å². The van der Waals surface area contributed by atoms with E-state index >= 15 is 0 Å². The smallest absolute Gasteiger partial charge is 0.244 e. The third-order valence-corrected chi connectivity index (χ3v) is 4.97. The van der Waals surface area contributed by atoms with Gasteiger partial charge in [-0.15, -0.1) is 0 Å². The number of carbonyl (C=O) groups excluding carboxylic acids is 1. The number of amides is 1. The van der Waals surface area contributed by atoms with Gasteiger partial charge in [-0.3, -0.25) is 9.48 Å². The molecule has 0 radical (unpaired) electrons. The topological polar surface area (TPSA) is 77.9 Å². The number of hydrogen-bond donors (Lipinski definition) is 1. The highest BCUT2D eigenvalue weighted by Crippen LogP contribution is 2.36. The lowest BCUT2D eigenvalue weighted by molar-refractivity contribution is -0.144. The van der Waals surface area contributed by atoms with Crippen molar-refractivity contribution in [2.75, 3.05) is 32.6 Å². The number of anilines is 1. The van der Waals surface area contributed by atoms with Crippen LogP contribution in [0.3, 0.4) is 0 Å². The Balaban J connectivity index is 1.58. The number of nitrogens with one attached hydrogen (secondary N) is 1. The first-order chi connectivity index (χ1) is 13.9. The molecule has 1 aliphatic rings. The number of morpholine rings is 1. The lowest BCUT2D eigenvalue weighted by Crippen LogP contribution is -2.49. The van der Waals surface area contributed by atoms with Gasteiger partial charge < -0.3 is 24.4 Å². The average molecular weight is 423 g/mol. The van der Waals surface area contributed by atoms with Gasteiger partial charge in [-0.25, -0.2) is 0 Å². The fourth-order valence-corrected chi connectivity index (χ4v) is 3.75. The van der Waals surface area contributed by atoms with E-state index in [0.29, 0.717) is 36.2 Å². The molecule has 0 saturated carbocycles. The van der Waals surface area contributed by atoms with E-state index in [4.69, 9.17) is 25.8 Å². The highest BCUT2D eigenvalue weighted by molar-refractivity contribution is 6.32. The van der Waals surface area contributed by atoms with Gasteiger partial charge in [0.25, 0.3) is 0 Å². The zero-order valence-electron chi connectivity index (χ0n) is 17.1. The molecule has 29 heavy (non-hydrogen) atoms. The number of halogens is 1. The van der Waals surface area contributed by atoms with Crippen LogP contribution in [0, 0.1) is 0 Å². The second kappa shape index (κ2) is 9.37. The number of hydrogen-bond acceptors (Lipinski definition) is 6. The van der Waals surface area contributed by atoms with Crippen molar-refractivity contribution in [2.45, 2.75) is 39.1 Å². The SMILES string of the molecule is COc1cc(CNc2cnn(CC(=O)N3C[C@@H](C)O[C@@H](C)C3)c2)cc(Cl)c1OC. The number of rotatable bonds is 7. The van der Waals surface area contributed by atoms with Crippen molar-refractivity contribution in [3.63, 3.8) is 0 Å². The summed E-state index contributed by atoms with van der Waals surface area (Å²) in [6.45, 7) is 5.89. The second-order valence-corrected chi connectivity index (χ2v) is 7.56. The van der Waals surface area contributed by atoms with E-state index < -0.39 is 0 Å². The normalized spacial score (nSPS) is 19.1. The molecule has 0 aliphatic carbocycles. The number of ether oxygens (including phenoxy) is 3. The molecule has 1 amide bonds. The Morgan fingerprint density at radius 3 is 2.66 bits per heavy atom. The summed E-state index contributed by atoms with van der Waals surface area (Å²) in [5.41, 5.74) is 1.75. The van der Waals surface area contributed by atoms with Crippen molar-refractivity contribution in [3.05, 3.63) is 35.1 Å². The van der Waals surface area contributed by atoms with Gasteiger partial charge >= 0.3 is 0 Å². The molecule has 2 aromatic rings. The summed E-state index contributed by atoms with van der Waals surface area (Å²) < 4.78 is 17.9. The fourth-order valence-electron chi connectivity index (χ4n) is 3.44.